The monoisotopic (exact) mass is 336 g/mol. The number of carbonyl (C=O) groups is 1. The van der Waals surface area contributed by atoms with Gasteiger partial charge >= 0.3 is 0 Å². The van der Waals surface area contributed by atoms with Crippen LogP contribution in [0.15, 0.2) is 54.6 Å². The van der Waals surface area contributed by atoms with Crippen molar-refractivity contribution in [3.8, 4) is 0 Å². The fourth-order valence-corrected chi connectivity index (χ4v) is 3.15. The highest BCUT2D eigenvalue weighted by Gasteiger charge is 2.28. The fraction of sp³-hybridized carbons (Fsp3) is 0.278. The van der Waals surface area contributed by atoms with Crippen molar-refractivity contribution in [1.82, 2.24) is 31.2 Å². The molecule has 0 bridgehead atoms. The number of nitrogens with one attached hydrogen (secondary N) is 3. The van der Waals surface area contributed by atoms with Crippen LogP contribution in [-0.2, 0) is 11.3 Å². The number of aromatic nitrogens is 3. The molecular weight excluding hydrogens is 316 g/mol. The third kappa shape index (κ3) is 3.52. The van der Waals surface area contributed by atoms with Crippen LogP contribution in [0.2, 0.25) is 0 Å². The number of rotatable bonds is 5. The van der Waals surface area contributed by atoms with Crippen molar-refractivity contribution in [2.24, 2.45) is 5.92 Å². The van der Waals surface area contributed by atoms with Gasteiger partial charge in [0.1, 0.15) is 17.6 Å². The summed E-state index contributed by atoms with van der Waals surface area (Å²) in [6, 6.07) is 18.0. The van der Waals surface area contributed by atoms with Gasteiger partial charge in [0.2, 0.25) is 5.91 Å². The summed E-state index contributed by atoms with van der Waals surface area (Å²) in [5.41, 5.74) is 9.27. The van der Waals surface area contributed by atoms with Crippen LogP contribution in [-0.4, -0.2) is 34.0 Å². The van der Waals surface area contributed by atoms with Gasteiger partial charge in [0.05, 0.1) is 6.04 Å². The van der Waals surface area contributed by atoms with Gasteiger partial charge in [-0.2, -0.15) is 15.0 Å². The zero-order chi connectivity index (χ0) is 17.1. The maximum absolute atomic E-state index is 12.2. The molecule has 0 saturated carbocycles. The van der Waals surface area contributed by atoms with Gasteiger partial charge in [0.25, 0.3) is 0 Å². The molecule has 3 aromatic rings. The van der Waals surface area contributed by atoms with Crippen molar-refractivity contribution in [1.29, 1.82) is 0 Å². The standard InChI is InChI=1S/C18H20N6O/c25-17(12-24-22-15-8-4-5-9-16(15)23-24)19-10-14-11-20-21-18(14)13-6-2-1-3-7-13/h1-9,14,18,20-21H,10-12H2,(H,19,25). The largest absolute Gasteiger partial charge is 0.354 e. The second-order valence-corrected chi connectivity index (χ2v) is 6.20. The van der Waals surface area contributed by atoms with E-state index in [0.29, 0.717) is 6.54 Å². The number of benzene rings is 2. The Kier molecular flexibility index (Phi) is 4.41. The van der Waals surface area contributed by atoms with Gasteiger partial charge in [-0.1, -0.05) is 42.5 Å². The fourth-order valence-electron chi connectivity index (χ4n) is 3.15. The first-order valence-electron chi connectivity index (χ1n) is 8.39. The molecule has 2 unspecified atom stereocenters. The molecule has 2 heterocycles. The molecule has 2 aromatic carbocycles. The minimum Gasteiger partial charge on any atom is -0.354 e. The molecule has 128 valence electrons. The lowest BCUT2D eigenvalue weighted by atomic mass is 9.95. The predicted molar refractivity (Wildman–Crippen MR) is 94.3 cm³/mol. The Morgan fingerprint density at radius 3 is 2.48 bits per heavy atom. The Morgan fingerprint density at radius 2 is 1.76 bits per heavy atom. The Morgan fingerprint density at radius 1 is 1.08 bits per heavy atom. The van der Waals surface area contributed by atoms with Gasteiger partial charge in [0, 0.05) is 19.0 Å². The van der Waals surface area contributed by atoms with Crippen LogP contribution < -0.4 is 16.2 Å². The Bertz CT molecular complexity index is 829. The van der Waals surface area contributed by atoms with E-state index in [1.54, 1.807) is 0 Å². The maximum atomic E-state index is 12.2. The molecule has 0 radical (unpaired) electrons. The van der Waals surface area contributed by atoms with Gasteiger partial charge in [0.15, 0.2) is 0 Å². The Labute approximate surface area is 145 Å². The predicted octanol–water partition coefficient (Wildman–Crippen LogP) is 1.01. The minimum atomic E-state index is -0.0842. The van der Waals surface area contributed by atoms with Crippen molar-refractivity contribution in [3.63, 3.8) is 0 Å². The normalized spacial score (nSPS) is 20.0. The van der Waals surface area contributed by atoms with E-state index in [-0.39, 0.29) is 24.4 Å². The number of fused-ring (bicyclic) bond motifs is 1. The van der Waals surface area contributed by atoms with E-state index in [4.69, 9.17) is 0 Å². The van der Waals surface area contributed by atoms with E-state index < -0.39 is 0 Å². The van der Waals surface area contributed by atoms with E-state index in [1.165, 1.54) is 10.4 Å². The van der Waals surface area contributed by atoms with Gasteiger partial charge < -0.3 is 5.32 Å². The summed E-state index contributed by atoms with van der Waals surface area (Å²) in [7, 11) is 0. The average molecular weight is 336 g/mol. The lowest BCUT2D eigenvalue weighted by Gasteiger charge is -2.19. The summed E-state index contributed by atoms with van der Waals surface area (Å²) in [6.07, 6.45) is 0. The quantitative estimate of drug-likeness (QED) is 0.648. The van der Waals surface area contributed by atoms with Gasteiger partial charge in [-0.25, -0.2) is 5.43 Å². The van der Waals surface area contributed by atoms with E-state index in [0.717, 1.165) is 17.6 Å². The molecule has 1 fully saturated rings. The lowest BCUT2D eigenvalue weighted by molar-refractivity contribution is -0.122. The molecule has 1 saturated heterocycles. The molecule has 7 nitrogen and oxygen atoms in total. The third-order valence-electron chi connectivity index (χ3n) is 4.43. The molecule has 1 amide bonds. The van der Waals surface area contributed by atoms with Crippen molar-refractivity contribution in [2.45, 2.75) is 12.6 Å². The van der Waals surface area contributed by atoms with E-state index >= 15 is 0 Å². The summed E-state index contributed by atoms with van der Waals surface area (Å²) in [6.45, 7) is 1.53. The second kappa shape index (κ2) is 7.00. The van der Waals surface area contributed by atoms with Crippen LogP contribution in [0.4, 0.5) is 0 Å². The molecule has 2 atom stereocenters. The molecule has 0 spiro atoms. The molecule has 25 heavy (non-hydrogen) atoms. The van der Waals surface area contributed by atoms with Crippen molar-refractivity contribution in [2.75, 3.05) is 13.1 Å². The highest BCUT2D eigenvalue weighted by atomic mass is 16.2. The zero-order valence-electron chi connectivity index (χ0n) is 13.7. The van der Waals surface area contributed by atoms with Crippen LogP contribution in [0.3, 0.4) is 0 Å². The first kappa shape index (κ1) is 15.7. The van der Waals surface area contributed by atoms with Crippen LogP contribution in [0.5, 0.6) is 0 Å². The third-order valence-corrected chi connectivity index (χ3v) is 4.43. The van der Waals surface area contributed by atoms with Gasteiger partial charge in [-0.15, -0.1) is 0 Å². The first-order chi connectivity index (χ1) is 12.3. The highest BCUT2D eigenvalue weighted by Crippen LogP contribution is 2.23. The Hall–Kier alpha value is -2.77. The van der Waals surface area contributed by atoms with E-state index in [2.05, 4.69) is 38.5 Å². The summed E-state index contributed by atoms with van der Waals surface area (Å²) in [5, 5.41) is 11.6. The number of carbonyl (C=O) groups excluding carboxylic acids is 1. The Balaban J connectivity index is 1.35. The SMILES string of the molecule is O=C(Cn1nc2ccccc2n1)NCC1CNNC1c1ccccc1. The highest BCUT2D eigenvalue weighted by molar-refractivity contribution is 5.77. The van der Waals surface area contributed by atoms with Crippen LogP contribution in [0, 0.1) is 5.92 Å². The first-order valence-corrected chi connectivity index (χ1v) is 8.39. The molecule has 0 aliphatic carbocycles. The maximum Gasteiger partial charge on any atom is 0.243 e. The van der Waals surface area contributed by atoms with E-state index in [9.17, 15) is 4.79 Å². The van der Waals surface area contributed by atoms with Crippen molar-refractivity contribution in [3.05, 3.63) is 60.2 Å². The number of hydrogen-bond donors (Lipinski definition) is 3. The summed E-state index contributed by atoms with van der Waals surface area (Å²) >= 11 is 0. The summed E-state index contributed by atoms with van der Waals surface area (Å²) in [5.74, 6) is 0.204. The molecular formula is C18H20N6O. The number of hydrogen-bond acceptors (Lipinski definition) is 5. The lowest BCUT2D eigenvalue weighted by Crippen LogP contribution is -2.35. The molecule has 1 aromatic heterocycles. The van der Waals surface area contributed by atoms with Crippen molar-refractivity contribution >= 4 is 16.9 Å². The smallest absolute Gasteiger partial charge is 0.243 e. The molecule has 4 rings (SSSR count). The second-order valence-electron chi connectivity index (χ2n) is 6.20. The molecule has 1 aliphatic rings. The number of hydrazine groups is 1. The molecule has 1 aliphatic heterocycles. The average Bonchev–Trinajstić information content (AvgIpc) is 3.26. The minimum absolute atomic E-state index is 0.0842. The summed E-state index contributed by atoms with van der Waals surface area (Å²) in [4.78, 5) is 13.7. The van der Waals surface area contributed by atoms with Crippen molar-refractivity contribution < 1.29 is 4.79 Å². The van der Waals surface area contributed by atoms with Gasteiger partial charge in [-0.3, -0.25) is 10.2 Å². The van der Waals surface area contributed by atoms with Crippen LogP contribution in [0.1, 0.15) is 11.6 Å². The molecule has 3 N–H and O–H groups in total. The number of amides is 1. The zero-order valence-corrected chi connectivity index (χ0v) is 13.7. The molecule has 7 heteroatoms. The number of nitrogens with zero attached hydrogens (tertiary/aromatic N) is 3. The summed E-state index contributed by atoms with van der Waals surface area (Å²) < 4.78 is 0. The van der Waals surface area contributed by atoms with Crippen LogP contribution in [0.25, 0.3) is 11.0 Å². The van der Waals surface area contributed by atoms with Gasteiger partial charge in [-0.05, 0) is 17.7 Å². The van der Waals surface area contributed by atoms with E-state index in [1.807, 2.05) is 42.5 Å². The van der Waals surface area contributed by atoms with Crippen LogP contribution >= 0.6 is 0 Å². The topological polar surface area (TPSA) is 83.9 Å².